The van der Waals surface area contributed by atoms with Gasteiger partial charge in [0.05, 0.1) is 10.6 Å². The first kappa shape index (κ1) is 14.3. The molecule has 2 aliphatic heterocycles. The molecule has 0 radical (unpaired) electrons. The fraction of sp³-hybridized carbons (Fsp3) is 0.462. The number of carbonyl (C=O) groups excluding carboxylic acids is 1. The Bertz CT molecular complexity index is 674. The van der Waals surface area contributed by atoms with Crippen molar-refractivity contribution in [3.63, 3.8) is 0 Å². The Balaban J connectivity index is 1.92. The molecule has 0 saturated carbocycles. The second-order valence-corrected chi connectivity index (χ2v) is 7.20. The number of sulfonamides is 1. The fourth-order valence-corrected chi connectivity index (χ4v) is 4.13. The van der Waals surface area contributed by atoms with Gasteiger partial charge in [0.15, 0.2) is 6.61 Å². The number of nitrogens with zero attached hydrogens (tertiary/aromatic N) is 1. The van der Waals surface area contributed by atoms with Gasteiger partial charge in [-0.2, -0.15) is 4.31 Å². The molecule has 2 heterocycles. The lowest BCUT2D eigenvalue weighted by Crippen LogP contribution is -2.45. The Morgan fingerprint density at radius 2 is 2.19 bits per heavy atom. The Hall–Kier alpha value is -1.64. The molecule has 0 unspecified atom stereocenters. The standard InChI is InChI=1S/C13H17N3O4S/c14-9-2-1-5-16(7-9)21(18,19)10-3-4-12-11(6-10)15-13(17)8-20-12/h3-4,6,9H,1-2,5,7-8,14H2,(H,15,17)/t9-/m1/s1. The first-order valence-electron chi connectivity index (χ1n) is 6.79. The molecule has 0 aromatic heterocycles. The Morgan fingerprint density at radius 1 is 1.38 bits per heavy atom. The van der Waals surface area contributed by atoms with Crippen molar-refractivity contribution in [1.29, 1.82) is 0 Å². The summed E-state index contributed by atoms with van der Waals surface area (Å²) in [6.07, 6.45) is 1.59. The van der Waals surface area contributed by atoms with Gasteiger partial charge in [-0.25, -0.2) is 8.42 Å². The highest BCUT2D eigenvalue weighted by Crippen LogP contribution is 2.31. The molecule has 1 aromatic carbocycles. The summed E-state index contributed by atoms with van der Waals surface area (Å²) in [5, 5.41) is 2.61. The van der Waals surface area contributed by atoms with Crippen LogP contribution >= 0.6 is 0 Å². The summed E-state index contributed by atoms with van der Waals surface area (Å²) in [5.74, 6) is 0.181. The first-order chi connectivity index (χ1) is 9.96. The van der Waals surface area contributed by atoms with Gasteiger partial charge in [-0.3, -0.25) is 4.79 Å². The third kappa shape index (κ3) is 2.74. The topological polar surface area (TPSA) is 102 Å². The van der Waals surface area contributed by atoms with Gasteiger partial charge in [0, 0.05) is 19.1 Å². The third-order valence-electron chi connectivity index (χ3n) is 3.64. The van der Waals surface area contributed by atoms with Gasteiger partial charge in [-0.05, 0) is 31.0 Å². The van der Waals surface area contributed by atoms with Crippen molar-refractivity contribution in [3.8, 4) is 5.75 Å². The van der Waals surface area contributed by atoms with Crippen LogP contribution in [0.25, 0.3) is 0 Å². The summed E-state index contributed by atoms with van der Waals surface area (Å²) in [6.45, 7) is 0.734. The van der Waals surface area contributed by atoms with Crippen molar-refractivity contribution in [2.24, 2.45) is 5.73 Å². The van der Waals surface area contributed by atoms with E-state index in [4.69, 9.17) is 10.5 Å². The van der Waals surface area contributed by atoms with E-state index in [0.29, 0.717) is 24.5 Å². The Kier molecular flexibility index (Phi) is 3.60. The zero-order valence-corrected chi connectivity index (χ0v) is 12.2. The lowest BCUT2D eigenvalue weighted by molar-refractivity contribution is -0.118. The second-order valence-electron chi connectivity index (χ2n) is 5.26. The number of hydrogen-bond acceptors (Lipinski definition) is 5. The number of nitrogens with two attached hydrogens (primary N) is 1. The van der Waals surface area contributed by atoms with E-state index >= 15 is 0 Å². The van der Waals surface area contributed by atoms with Gasteiger partial charge < -0.3 is 15.8 Å². The predicted octanol–water partition coefficient (Wildman–Crippen LogP) is 0.129. The van der Waals surface area contributed by atoms with E-state index in [-0.39, 0.29) is 23.5 Å². The molecule has 7 nitrogen and oxygen atoms in total. The Morgan fingerprint density at radius 3 is 2.95 bits per heavy atom. The van der Waals surface area contributed by atoms with E-state index in [9.17, 15) is 13.2 Å². The number of hydrogen-bond donors (Lipinski definition) is 2. The summed E-state index contributed by atoms with van der Waals surface area (Å²) < 4.78 is 31.9. The van der Waals surface area contributed by atoms with Gasteiger partial charge in [0.25, 0.3) is 5.91 Å². The minimum absolute atomic E-state index is 0.0555. The number of anilines is 1. The van der Waals surface area contributed by atoms with Crippen LogP contribution in [0.5, 0.6) is 5.75 Å². The normalized spacial score (nSPS) is 23.1. The zero-order valence-electron chi connectivity index (χ0n) is 11.4. The number of ether oxygens (including phenoxy) is 1. The van der Waals surface area contributed by atoms with Gasteiger partial charge in [-0.1, -0.05) is 0 Å². The minimum atomic E-state index is -3.60. The molecular formula is C13H17N3O4S. The third-order valence-corrected chi connectivity index (χ3v) is 5.50. The monoisotopic (exact) mass is 311 g/mol. The smallest absolute Gasteiger partial charge is 0.262 e. The molecule has 0 bridgehead atoms. The van der Waals surface area contributed by atoms with Crippen molar-refractivity contribution in [3.05, 3.63) is 18.2 Å². The minimum Gasteiger partial charge on any atom is -0.482 e. The van der Waals surface area contributed by atoms with E-state index in [0.717, 1.165) is 12.8 Å². The highest BCUT2D eigenvalue weighted by atomic mass is 32.2. The maximum absolute atomic E-state index is 12.6. The van der Waals surface area contributed by atoms with E-state index in [2.05, 4.69) is 5.32 Å². The summed E-state index contributed by atoms with van der Waals surface area (Å²) >= 11 is 0. The summed E-state index contributed by atoms with van der Waals surface area (Å²) in [7, 11) is -3.60. The van der Waals surface area contributed by atoms with Crippen LogP contribution in [0, 0.1) is 0 Å². The van der Waals surface area contributed by atoms with E-state index in [1.165, 1.54) is 16.4 Å². The van der Waals surface area contributed by atoms with Gasteiger partial charge in [0.1, 0.15) is 5.75 Å². The molecule has 3 rings (SSSR count). The zero-order chi connectivity index (χ0) is 15.0. The molecule has 2 aliphatic rings. The average Bonchev–Trinajstić information content (AvgIpc) is 2.46. The molecule has 3 N–H and O–H groups in total. The van der Waals surface area contributed by atoms with Crippen LogP contribution in [0.1, 0.15) is 12.8 Å². The van der Waals surface area contributed by atoms with Crippen molar-refractivity contribution in [2.75, 3.05) is 25.0 Å². The van der Waals surface area contributed by atoms with Crippen LogP contribution in [0.3, 0.4) is 0 Å². The number of nitrogens with one attached hydrogen (secondary N) is 1. The number of rotatable bonds is 2. The quantitative estimate of drug-likeness (QED) is 0.808. The Labute approximate surface area is 123 Å². The van der Waals surface area contributed by atoms with E-state index in [1.54, 1.807) is 6.07 Å². The number of amides is 1. The van der Waals surface area contributed by atoms with Crippen molar-refractivity contribution < 1.29 is 17.9 Å². The second kappa shape index (κ2) is 5.28. The molecule has 1 atom stereocenters. The van der Waals surface area contributed by atoms with Crippen LogP contribution in [0.15, 0.2) is 23.1 Å². The van der Waals surface area contributed by atoms with Crippen LogP contribution in [-0.4, -0.2) is 44.4 Å². The molecule has 8 heteroatoms. The average molecular weight is 311 g/mol. The van der Waals surface area contributed by atoms with Gasteiger partial charge in [0.2, 0.25) is 10.0 Å². The maximum atomic E-state index is 12.6. The molecule has 114 valence electrons. The molecule has 1 aromatic rings. The summed E-state index contributed by atoms with van der Waals surface area (Å²) in [6, 6.07) is 4.35. The highest BCUT2D eigenvalue weighted by Gasteiger charge is 2.30. The number of benzene rings is 1. The maximum Gasteiger partial charge on any atom is 0.262 e. The van der Waals surface area contributed by atoms with Crippen molar-refractivity contribution >= 4 is 21.6 Å². The number of fused-ring (bicyclic) bond motifs is 1. The molecule has 0 spiro atoms. The summed E-state index contributed by atoms with van der Waals surface area (Å²) in [5.41, 5.74) is 6.23. The lowest BCUT2D eigenvalue weighted by atomic mass is 10.1. The molecule has 1 fully saturated rings. The predicted molar refractivity (Wildman–Crippen MR) is 76.5 cm³/mol. The molecule has 21 heavy (non-hydrogen) atoms. The molecular weight excluding hydrogens is 294 g/mol. The van der Waals surface area contributed by atoms with Crippen molar-refractivity contribution in [2.45, 2.75) is 23.8 Å². The fourth-order valence-electron chi connectivity index (χ4n) is 2.56. The van der Waals surface area contributed by atoms with Gasteiger partial charge in [-0.15, -0.1) is 0 Å². The van der Waals surface area contributed by atoms with Crippen LogP contribution in [-0.2, 0) is 14.8 Å². The number of piperidine rings is 1. The summed E-state index contributed by atoms with van der Waals surface area (Å²) in [4.78, 5) is 11.5. The van der Waals surface area contributed by atoms with Crippen molar-refractivity contribution in [1.82, 2.24) is 4.31 Å². The first-order valence-corrected chi connectivity index (χ1v) is 8.23. The van der Waals surface area contributed by atoms with E-state index in [1.807, 2.05) is 0 Å². The van der Waals surface area contributed by atoms with E-state index < -0.39 is 10.0 Å². The molecule has 0 aliphatic carbocycles. The molecule has 1 amide bonds. The van der Waals surface area contributed by atoms with Crippen LogP contribution < -0.4 is 15.8 Å². The highest BCUT2D eigenvalue weighted by molar-refractivity contribution is 7.89. The molecule has 1 saturated heterocycles. The van der Waals surface area contributed by atoms with Crippen LogP contribution in [0.4, 0.5) is 5.69 Å². The largest absolute Gasteiger partial charge is 0.482 e. The van der Waals surface area contributed by atoms with Gasteiger partial charge >= 0.3 is 0 Å². The number of carbonyl (C=O) groups is 1. The van der Waals surface area contributed by atoms with Crippen LogP contribution in [0.2, 0.25) is 0 Å². The lowest BCUT2D eigenvalue weighted by Gasteiger charge is -2.30. The SMILES string of the molecule is N[C@@H]1CCCN(S(=O)(=O)c2ccc3c(c2)NC(=O)CO3)C1.